The van der Waals surface area contributed by atoms with Crippen molar-refractivity contribution in [3.8, 4) is 22.3 Å². The number of rotatable bonds is 5. The first kappa shape index (κ1) is 31.2. The quantitative estimate of drug-likeness (QED) is 0.169. The van der Waals surface area contributed by atoms with E-state index in [0.717, 1.165) is 46.8 Å². The summed E-state index contributed by atoms with van der Waals surface area (Å²) in [5.41, 5.74) is 10.9. The van der Waals surface area contributed by atoms with Crippen LogP contribution in [0.2, 0.25) is 0 Å². The van der Waals surface area contributed by atoms with E-state index in [9.17, 15) is 0 Å². The molecule has 0 spiro atoms. The van der Waals surface area contributed by atoms with Crippen LogP contribution in [0, 0.1) is 11.8 Å². The number of fused-ring (bicyclic) bond motifs is 6. The highest BCUT2D eigenvalue weighted by Gasteiger charge is 2.29. The molecule has 0 saturated heterocycles. The lowest BCUT2D eigenvalue weighted by molar-refractivity contribution is 0.382. The Morgan fingerprint density at radius 3 is 2.10 bits per heavy atom. The standard InChI is InChI=1S/C48H41N3/c1-31-14-13-17-35(28-31)48-50-46(49-47(51(48)3)33-15-5-4-6-16-33)43-23-12-11-20-38(43)37-19-8-7-18-36(37)34-25-27-42-41-26-24-32(2)29-44(41)39-21-9-10-22-40(39)45(42)30-34/h4-13,15-28,30-32,47H,14,29H2,1-3H3. The van der Waals surface area contributed by atoms with Gasteiger partial charge in [0.15, 0.2) is 5.84 Å². The summed E-state index contributed by atoms with van der Waals surface area (Å²) in [6.07, 6.45) is 13.5. The third kappa shape index (κ3) is 5.54. The van der Waals surface area contributed by atoms with Crippen molar-refractivity contribution in [2.24, 2.45) is 21.8 Å². The molecule has 1 aliphatic heterocycles. The molecule has 0 radical (unpaired) electrons. The van der Waals surface area contributed by atoms with Crippen LogP contribution in [0.25, 0.3) is 49.9 Å². The van der Waals surface area contributed by atoms with Gasteiger partial charge >= 0.3 is 0 Å². The molecule has 0 bridgehead atoms. The molecule has 51 heavy (non-hydrogen) atoms. The lowest BCUT2D eigenvalue weighted by atomic mass is 9.82. The van der Waals surface area contributed by atoms with Gasteiger partial charge in [0.25, 0.3) is 0 Å². The van der Waals surface area contributed by atoms with Crippen molar-refractivity contribution in [1.29, 1.82) is 0 Å². The minimum absolute atomic E-state index is 0.194. The smallest absolute Gasteiger partial charge is 0.160 e. The lowest BCUT2D eigenvalue weighted by Gasteiger charge is -2.34. The van der Waals surface area contributed by atoms with Gasteiger partial charge in [-0.3, -0.25) is 0 Å². The topological polar surface area (TPSA) is 28.0 Å². The predicted molar refractivity (Wildman–Crippen MR) is 216 cm³/mol. The largest absolute Gasteiger partial charge is 0.333 e. The second kappa shape index (κ2) is 12.8. The monoisotopic (exact) mass is 659 g/mol. The van der Waals surface area contributed by atoms with Gasteiger partial charge in [-0.25, -0.2) is 9.98 Å². The van der Waals surface area contributed by atoms with Crippen LogP contribution in [0.4, 0.5) is 0 Å². The summed E-state index contributed by atoms with van der Waals surface area (Å²) in [4.78, 5) is 12.9. The fourth-order valence-electron chi connectivity index (χ4n) is 8.24. The minimum Gasteiger partial charge on any atom is -0.333 e. The number of hydrogen-bond acceptors (Lipinski definition) is 3. The van der Waals surface area contributed by atoms with E-state index in [1.807, 2.05) is 0 Å². The van der Waals surface area contributed by atoms with Crippen LogP contribution in [0.1, 0.15) is 48.7 Å². The van der Waals surface area contributed by atoms with Crippen molar-refractivity contribution < 1.29 is 0 Å². The van der Waals surface area contributed by atoms with E-state index in [2.05, 4.69) is 178 Å². The molecule has 0 fully saturated rings. The van der Waals surface area contributed by atoms with Gasteiger partial charge in [0.2, 0.25) is 0 Å². The highest BCUT2D eigenvalue weighted by molar-refractivity contribution is 6.17. The van der Waals surface area contributed by atoms with Crippen molar-refractivity contribution in [3.63, 3.8) is 0 Å². The normalized spacial score (nSPS) is 19.9. The molecule has 0 saturated carbocycles. The number of allylic oxidation sites excluding steroid dienone is 3. The Morgan fingerprint density at radius 1 is 0.627 bits per heavy atom. The summed E-state index contributed by atoms with van der Waals surface area (Å²) < 4.78 is 0. The first-order chi connectivity index (χ1) is 25.0. The van der Waals surface area contributed by atoms with Crippen molar-refractivity contribution in [3.05, 3.63) is 173 Å². The Labute approximate surface area is 300 Å². The van der Waals surface area contributed by atoms with Gasteiger partial charge in [0.05, 0.1) is 0 Å². The number of aliphatic imine (C=N–C) groups is 2. The minimum atomic E-state index is -0.194. The molecule has 3 heteroatoms. The molecule has 0 amide bonds. The maximum atomic E-state index is 5.37. The lowest BCUT2D eigenvalue weighted by Crippen LogP contribution is -2.36. The van der Waals surface area contributed by atoms with Gasteiger partial charge in [-0.2, -0.15) is 0 Å². The molecule has 9 rings (SSSR count). The van der Waals surface area contributed by atoms with Crippen molar-refractivity contribution in [2.75, 3.05) is 7.05 Å². The summed E-state index contributed by atoms with van der Waals surface area (Å²) in [5.74, 6) is 2.71. The van der Waals surface area contributed by atoms with Gasteiger partial charge < -0.3 is 4.90 Å². The van der Waals surface area contributed by atoms with E-state index in [1.165, 1.54) is 49.4 Å². The van der Waals surface area contributed by atoms with Gasteiger partial charge in [-0.15, -0.1) is 0 Å². The average molecular weight is 660 g/mol. The van der Waals surface area contributed by atoms with E-state index in [1.54, 1.807) is 0 Å². The molecule has 1 heterocycles. The van der Waals surface area contributed by atoms with Gasteiger partial charge in [-0.05, 0) is 91.2 Å². The summed E-state index contributed by atoms with van der Waals surface area (Å²) >= 11 is 0. The van der Waals surface area contributed by atoms with E-state index >= 15 is 0 Å². The Hall–Kier alpha value is -5.80. The molecule has 6 aromatic carbocycles. The Bertz CT molecular complexity index is 2480. The van der Waals surface area contributed by atoms with Crippen LogP contribution in [-0.2, 0) is 6.42 Å². The molecule has 248 valence electrons. The van der Waals surface area contributed by atoms with E-state index in [-0.39, 0.29) is 6.17 Å². The van der Waals surface area contributed by atoms with Crippen LogP contribution in [-0.4, -0.2) is 23.6 Å². The average Bonchev–Trinajstić information content (AvgIpc) is 3.18. The number of nitrogens with zero attached hydrogens (tertiary/aromatic N) is 3. The number of likely N-dealkylation sites (N-methyl/N-ethyl adjacent to an activating group) is 1. The van der Waals surface area contributed by atoms with Crippen LogP contribution in [0.15, 0.2) is 161 Å². The fraction of sp³-hybridized carbons (Fsp3) is 0.167. The summed E-state index contributed by atoms with van der Waals surface area (Å²) in [6.45, 7) is 4.58. The van der Waals surface area contributed by atoms with Crippen LogP contribution < -0.4 is 0 Å². The Morgan fingerprint density at radius 2 is 1.31 bits per heavy atom. The van der Waals surface area contributed by atoms with Gasteiger partial charge in [0, 0.05) is 18.2 Å². The molecule has 3 nitrogen and oxygen atoms in total. The molecule has 0 aromatic heterocycles. The zero-order valence-corrected chi connectivity index (χ0v) is 29.4. The number of benzene rings is 6. The molecule has 3 unspecified atom stereocenters. The van der Waals surface area contributed by atoms with E-state index < -0.39 is 0 Å². The molecular weight excluding hydrogens is 619 g/mol. The third-order valence-electron chi connectivity index (χ3n) is 10.8. The highest BCUT2D eigenvalue weighted by Crippen LogP contribution is 2.42. The fourth-order valence-corrected chi connectivity index (χ4v) is 8.24. The number of amidine groups is 2. The van der Waals surface area contributed by atoms with Crippen LogP contribution in [0.5, 0.6) is 0 Å². The molecule has 3 aliphatic rings. The Balaban J connectivity index is 1.21. The molecular formula is C48H41N3. The molecule has 2 aliphatic carbocycles. The second-order valence-corrected chi connectivity index (χ2v) is 14.4. The first-order valence-corrected chi connectivity index (χ1v) is 18.2. The summed E-state index contributed by atoms with van der Waals surface area (Å²) in [5, 5.41) is 5.31. The summed E-state index contributed by atoms with van der Waals surface area (Å²) in [7, 11) is 2.11. The predicted octanol–water partition coefficient (Wildman–Crippen LogP) is 11.8. The van der Waals surface area contributed by atoms with E-state index in [0.29, 0.717) is 11.8 Å². The van der Waals surface area contributed by atoms with Crippen molar-refractivity contribution in [1.82, 2.24) is 4.90 Å². The second-order valence-electron chi connectivity index (χ2n) is 14.4. The van der Waals surface area contributed by atoms with Crippen molar-refractivity contribution in [2.45, 2.75) is 32.9 Å². The van der Waals surface area contributed by atoms with Gasteiger partial charge in [0.1, 0.15) is 12.0 Å². The third-order valence-corrected chi connectivity index (χ3v) is 10.8. The maximum Gasteiger partial charge on any atom is 0.160 e. The van der Waals surface area contributed by atoms with Crippen LogP contribution in [0.3, 0.4) is 0 Å². The van der Waals surface area contributed by atoms with E-state index in [4.69, 9.17) is 9.98 Å². The van der Waals surface area contributed by atoms with Crippen molar-refractivity contribution >= 4 is 39.3 Å². The Kier molecular flexibility index (Phi) is 7.85. The highest BCUT2D eigenvalue weighted by atomic mass is 15.3. The maximum absolute atomic E-state index is 5.37. The summed E-state index contributed by atoms with van der Waals surface area (Å²) in [6, 6.07) is 44.0. The zero-order valence-electron chi connectivity index (χ0n) is 29.4. The SMILES string of the molecule is CC1C=C(C2=NC(c3ccccc3-c3ccccc3-c3ccc4c5c(c6ccccc6c4c3)CC(C)C=C5)=NC(c3ccccc3)N2C)C=CC1. The molecule has 3 atom stereocenters. The van der Waals surface area contributed by atoms with Crippen LogP contribution >= 0.6 is 0 Å². The first-order valence-electron chi connectivity index (χ1n) is 18.2. The molecule has 6 aromatic rings. The number of hydrogen-bond donors (Lipinski definition) is 0. The zero-order chi connectivity index (χ0) is 34.5. The molecule has 0 N–H and O–H groups in total. The van der Waals surface area contributed by atoms with Gasteiger partial charge in [-0.1, -0.05) is 159 Å².